The number of nitrogens with zero attached hydrogens (tertiary/aromatic N) is 1. The number of anilines is 3. The fourth-order valence-corrected chi connectivity index (χ4v) is 8.25. The average molecular weight is 604 g/mol. The van der Waals surface area contributed by atoms with Crippen molar-refractivity contribution in [3.05, 3.63) is 174 Å². The number of benzene rings is 4. The Balaban J connectivity index is 1.17. The molecule has 0 fully saturated rings. The zero-order valence-electron chi connectivity index (χ0n) is 26.6. The van der Waals surface area contributed by atoms with Crippen molar-refractivity contribution in [2.45, 2.75) is 32.1 Å². The Bertz CT molecular complexity index is 2170. The summed E-state index contributed by atoms with van der Waals surface area (Å²) in [6.07, 6.45) is 30.5. The molecule has 0 aliphatic heterocycles. The number of aryl methyl sites for hydroxylation is 1. The third-order valence-corrected chi connectivity index (χ3v) is 10.6. The molecule has 0 bridgehead atoms. The standard InChI is InChI=1S/C46H37N/c1-4-16-39-32(11-1)14-9-21-41(39)34-23-27-37(28-24-34)47(46-31-36-13-3-6-18-43(36)44-19-7-8-20-45(44)46)38-29-25-35(26-30-38)42-22-10-15-33-12-2-5-17-40(33)42/h1-2,4-5,7-9,11-12,14,16-17,19-21,23-33,39H,3,10,13,15,22H2/t32?,33?,39-/m0/s1. The Labute approximate surface area is 278 Å². The second kappa shape index (κ2) is 11.8. The van der Waals surface area contributed by atoms with Gasteiger partial charge in [0.15, 0.2) is 0 Å². The van der Waals surface area contributed by atoms with Crippen molar-refractivity contribution >= 4 is 39.0 Å². The Morgan fingerprint density at radius 1 is 0.681 bits per heavy atom. The summed E-state index contributed by atoms with van der Waals surface area (Å²) < 4.78 is 0. The molecule has 47 heavy (non-hydrogen) atoms. The maximum absolute atomic E-state index is 3.48. The highest BCUT2D eigenvalue weighted by atomic mass is 15.1. The van der Waals surface area contributed by atoms with Crippen LogP contribution in [0.5, 0.6) is 0 Å². The van der Waals surface area contributed by atoms with Crippen LogP contribution in [0.3, 0.4) is 0 Å². The Morgan fingerprint density at radius 3 is 2.28 bits per heavy atom. The highest BCUT2D eigenvalue weighted by Crippen LogP contribution is 2.45. The number of fused-ring (bicyclic) bond motifs is 5. The largest absolute Gasteiger partial charge is 0.310 e. The van der Waals surface area contributed by atoms with E-state index in [4.69, 9.17) is 0 Å². The van der Waals surface area contributed by atoms with Gasteiger partial charge in [0.1, 0.15) is 0 Å². The minimum atomic E-state index is 0.384. The molecule has 0 saturated carbocycles. The van der Waals surface area contributed by atoms with E-state index >= 15 is 0 Å². The van der Waals surface area contributed by atoms with Gasteiger partial charge in [0.05, 0.1) is 5.69 Å². The van der Waals surface area contributed by atoms with Crippen molar-refractivity contribution in [1.29, 1.82) is 0 Å². The summed E-state index contributed by atoms with van der Waals surface area (Å²) in [5, 5.41) is 2.47. The normalized spacial score (nSPS) is 21.9. The average Bonchev–Trinajstić information content (AvgIpc) is 3.15. The zero-order chi connectivity index (χ0) is 31.2. The van der Waals surface area contributed by atoms with Gasteiger partial charge in [-0.2, -0.15) is 0 Å². The molecule has 0 amide bonds. The molecular formula is C46H37N. The van der Waals surface area contributed by atoms with Crippen LogP contribution in [0.1, 0.15) is 47.9 Å². The molecule has 0 radical (unpaired) electrons. The maximum atomic E-state index is 3.48. The van der Waals surface area contributed by atoms with Crippen LogP contribution in [0, 0.1) is 29.6 Å². The fraction of sp³-hybridized carbons (Fsp3) is 0.174. The van der Waals surface area contributed by atoms with E-state index in [0.717, 1.165) is 24.9 Å². The van der Waals surface area contributed by atoms with Crippen molar-refractivity contribution in [3.8, 4) is 11.8 Å². The first-order chi connectivity index (χ1) is 23.3. The molecule has 4 aromatic rings. The summed E-state index contributed by atoms with van der Waals surface area (Å²) in [6, 6.07) is 29.8. The van der Waals surface area contributed by atoms with Crippen molar-refractivity contribution in [3.63, 3.8) is 0 Å². The molecular weight excluding hydrogens is 567 g/mol. The number of hydrogen-bond acceptors (Lipinski definition) is 1. The van der Waals surface area contributed by atoms with Crippen molar-refractivity contribution < 1.29 is 0 Å². The molecule has 9 rings (SSSR count). The van der Waals surface area contributed by atoms with Crippen LogP contribution in [0.25, 0.3) is 21.9 Å². The van der Waals surface area contributed by atoms with E-state index in [0.29, 0.717) is 17.8 Å². The first kappa shape index (κ1) is 27.9. The smallest absolute Gasteiger partial charge is 0.0543 e. The van der Waals surface area contributed by atoms with Crippen molar-refractivity contribution in [2.24, 2.45) is 17.8 Å². The van der Waals surface area contributed by atoms with Gasteiger partial charge in [0.25, 0.3) is 0 Å². The molecule has 1 nitrogen and oxygen atoms in total. The Hall–Kier alpha value is -5.32. The van der Waals surface area contributed by atoms with Gasteiger partial charge in [-0.3, -0.25) is 0 Å². The molecule has 5 aliphatic carbocycles. The molecule has 4 aromatic carbocycles. The van der Waals surface area contributed by atoms with E-state index in [1.165, 1.54) is 74.0 Å². The lowest BCUT2D eigenvalue weighted by molar-refractivity contribution is 0.616. The van der Waals surface area contributed by atoms with Gasteiger partial charge >= 0.3 is 0 Å². The number of hydrogen-bond donors (Lipinski definition) is 0. The molecule has 0 heterocycles. The first-order valence-corrected chi connectivity index (χ1v) is 17.2. The topological polar surface area (TPSA) is 3.24 Å². The third-order valence-electron chi connectivity index (χ3n) is 10.6. The summed E-state index contributed by atoms with van der Waals surface area (Å²) in [7, 11) is 0. The van der Waals surface area contributed by atoms with Crippen molar-refractivity contribution in [1.82, 2.24) is 0 Å². The summed E-state index contributed by atoms with van der Waals surface area (Å²) >= 11 is 0. The van der Waals surface area contributed by atoms with E-state index in [9.17, 15) is 0 Å². The van der Waals surface area contributed by atoms with Gasteiger partial charge < -0.3 is 4.90 Å². The maximum Gasteiger partial charge on any atom is 0.0543 e. The van der Waals surface area contributed by atoms with Gasteiger partial charge in [-0.25, -0.2) is 0 Å². The van der Waals surface area contributed by atoms with Crippen LogP contribution < -0.4 is 4.90 Å². The fourth-order valence-electron chi connectivity index (χ4n) is 8.25. The van der Waals surface area contributed by atoms with Gasteiger partial charge in [0, 0.05) is 46.5 Å². The van der Waals surface area contributed by atoms with Crippen LogP contribution in [0.15, 0.2) is 151 Å². The molecule has 1 heteroatoms. The molecule has 226 valence electrons. The minimum Gasteiger partial charge on any atom is -0.310 e. The lowest BCUT2D eigenvalue weighted by Crippen LogP contribution is -2.15. The van der Waals surface area contributed by atoms with Gasteiger partial charge in [-0.1, -0.05) is 127 Å². The second-order valence-corrected chi connectivity index (χ2v) is 13.3. The molecule has 0 aromatic heterocycles. The zero-order valence-corrected chi connectivity index (χ0v) is 26.6. The predicted octanol–water partition coefficient (Wildman–Crippen LogP) is 11.6. The summed E-state index contributed by atoms with van der Waals surface area (Å²) in [6.45, 7) is 0. The highest BCUT2D eigenvalue weighted by Gasteiger charge is 2.25. The second-order valence-electron chi connectivity index (χ2n) is 13.3. The third kappa shape index (κ3) is 4.97. The first-order valence-electron chi connectivity index (χ1n) is 17.2. The van der Waals surface area contributed by atoms with E-state index < -0.39 is 0 Å². The van der Waals surface area contributed by atoms with E-state index in [-0.39, 0.29) is 0 Å². The van der Waals surface area contributed by atoms with Gasteiger partial charge in [0.2, 0.25) is 0 Å². The van der Waals surface area contributed by atoms with Gasteiger partial charge in [-0.15, -0.1) is 0 Å². The molecule has 5 aliphatic rings. The van der Waals surface area contributed by atoms with Gasteiger partial charge in [-0.05, 0) is 94.8 Å². The lowest BCUT2D eigenvalue weighted by atomic mass is 9.77. The number of allylic oxidation sites excluding steroid dienone is 14. The van der Waals surface area contributed by atoms with Crippen LogP contribution in [-0.4, -0.2) is 0 Å². The molecule has 0 spiro atoms. The molecule has 3 atom stereocenters. The van der Waals surface area contributed by atoms with Crippen LogP contribution >= 0.6 is 0 Å². The minimum absolute atomic E-state index is 0.384. The molecule has 0 N–H and O–H groups in total. The SMILES string of the molecule is C1#Cc2c(cc(N(c3ccc(C4=CC=CC5C=CC=C[C@H]45)cc3)c3ccc(C4=C5C=CC=CC5CCC4)cc3)c3ccccc23)CC1. The Kier molecular flexibility index (Phi) is 7.02. The highest BCUT2D eigenvalue weighted by molar-refractivity contribution is 6.03. The van der Waals surface area contributed by atoms with E-state index in [1.54, 1.807) is 0 Å². The van der Waals surface area contributed by atoms with Crippen LogP contribution in [0.4, 0.5) is 17.1 Å². The van der Waals surface area contributed by atoms with Crippen LogP contribution in [0.2, 0.25) is 0 Å². The van der Waals surface area contributed by atoms with E-state index in [2.05, 4.69) is 162 Å². The van der Waals surface area contributed by atoms with Crippen LogP contribution in [-0.2, 0) is 6.42 Å². The van der Waals surface area contributed by atoms with Crippen molar-refractivity contribution in [2.75, 3.05) is 4.90 Å². The lowest BCUT2D eigenvalue weighted by Gasteiger charge is -2.30. The van der Waals surface area contributed by atoms with E-state index in [1.807, 2.05) is 0 Å². The monoisotopic (exact) mass is 603 g/mol. The Morgan fingerprint density at radius 2 is 1.43 bits per heavy atom. The number of rotatable bonds is 5. The molecule has 2 unspecified atom stereocenters. The predicted molar refractivity (Wildman–Crippen MR) is 199 cm³/mol. The molecule has 0 saturated heterocycles. The summed E-state index contributed by atoms with van der Waals surface area (Å²) in [4.78, 5) is 2.46. The summed E-state index contributed by atoms with van der Waals surface area (Å²) in [5.41, 5.74) is 13.1. The quantitative estimate of drug-likeness (QED) is 0.205. The summed E-state index contributed by atoms with van der Waals surface area (Å²) in [5.74, 6) is 8.20.